The van der Waals surface area contributed by atoms with Crippen molar-refractivity contribution in [2.45, 2.75) is 12.8 Å². The number of nitrogens with zero attached hydrogens (tertiary/aromatic N) is 3. The molecule has 6 heteroatoms. The summed E-state index contributed by atoms with van der Waals surface area (Å²) in [5, 5.41) is 19.7. The number of likely N-dealkylation sites (N-methyl/N-ethyl adjacent to an activating group) is 1. The molecular formula is C14H20N4O2. The third-order valence-electron chi connectivity index (χ3n) is 2.48. The Hall–Kier alpha value is -2.31. The summed E-state index contributed by atoms with van der Waals surface area (Å²) in [7, 11) is 1.96. The summed E-state index contributed by atoms with van der Waals surface area (Å²) in [6, 6.07) is 3.44. The first-order valence-corrected chi connectivity index (χ1v) is 6.34. The van der Waals surface area contributed by atoms with E-state index in [2.05, 4.69) is 16.8 Å². The fourth-order valence-corrected chi connectivity index (χ4v) is 1.33. The molecule has 0 saturated carbocycles. The van der Waals surface area contributed by atoms with E-state index >= 15 is 0 Å². The van der Waals surface area contributed by atoms with Gasteiger partial charge in [-0.05, 0) is 32.5 Å². The largest absolute Gasteiger partial charge is 0.498 e. The Morgan fingerprint density at radius 1 is 1.35 bits per heavy atom. The van der Waals surface area contributed by atoms with Crippen LogP contribution in [0.4, 0.5) is 0 Å². The number of carbonyl (C=O) groups excluding carboxylic acids is 1. The monoisotopic (exact) mass is 276 g/mol. The first-order chi connectivity index (χ1) is 9.63. The van der Waals surface area contributed by atoms with Crippen molar-refractivity contribution in [1.82, 2.24) is 10.2 Å². The zero-order valence-electron chi connectivity index (χ0n) is 11.8. The molecule has 0 spiro atoms. The van der Waals surface area contributed by atoms with Gasteiger partial charge in [-0.3, -0.25) is 4.79 Å². The van der Waals surface area contributed by atoms with Gasteiger partial charge in [-0.25, -0.2) is 0 Å². The van der Waals surface area contributed by atoms with Gasteiger partial charge < -0.3 is 15.0 Å². The maximum absolute atomic E-state index is 10.9. The van der Waals surface area contributed by atoms with Crippen molar-refractivity contribution in [2.75, 3.05) is 33.3 Å². The van der Waals surface area contributed by atoms with E-state index in [0.29, 0.717) is 19.7 Å². The second-order valence-electron chi connectivity index (χ2n) is 4.13. The van der Waals surface area contributed by atoms with Crippen molar-refractivity contribution >= 4 is 5.91 Å². The van der Waals surface area contributed by atoms with E-state index < -0.39 is 0 Å². The maximum Gasteiger partial charge on any atom is 0.243 e. The van der Waals surface area contributed by atoms with Gasteiger partial charge in [-0.1, -0.05) is 6.58 Å². The summed E-state index contributed by atoms with van der Waals surface area (Å²) < 4.78 is 5.10. The van der Waals surface area contributed by atoms with Crippen LogP contribution in [0.15, 0.2) is 24.5 Å². The molecule has 0 aromatic heterocycles. The Balaban J connectivity index is 3.56. The average Bonchev–Trinajstić information content (AvgIpc) is 2.46. The van der Waals surface area contributed by atoms with Gasteiger partial charge in [0.15, 0.2) is 5.57 Å². The second-order valence-corrected chi connectivity index (χ2v) is 4.13. The van der Waals surface area contributed by atoms with Gasteiger partial charge in [0.25, 0.3) is 0 Å². The number of hydrogen-bond acceptors (Lipinski definition) is 5. The molecule has 0 aromatic rings. The first-order valence-electron chi connectivity index (χ1n) is 6.34. The van der Waals surface area contributed by atoms with E-state index in [9.17, 15) is 4.79 Å². The smallest absolute Gasteiger partial charge is 0.243 e. The lowest BCUT2D eigenvalue weighted by atomic mass is 10.3. The average molecular weight is 276 g/mol. The van der Waals surface area contributed by atoms with Gasteiger partial charge in [0.05, 0.1) is 0 Å². The van der Waals surface area contributed by atoms with Crippen molar-refractivity contribution in [3.63, 3.8) is 0 Å². The number of rotatable bonds is 10. The molecule has 1 N–H and O–H groups in total. The Labute approximate surface area is 119 Å². The lowest BCUT2D eigenvalue weighted by Gasteiger charge is -2.15. The van der Waals surface area contributed by atoms with E-state index in [1.54, 1.807) is 12.1 Å². The van der Waals surface area contributed by atoms with Crippen LogP contribution in [0.25, 0.3) is 0 Å². The van der Waals surface area contributed by atoms with Gasteiger partial charge in [0.2, 0.25) is 5.91 Å². The van der Waals surface area contributed by atoms with Gasteiger partial charge in [0.1, 0.15) is 25.0 Å². The van der Waals surface area contributed by atoms with Crippen molar-refractivity contribution < 1.29 is 9.53 Å². The van der Waals surface area contributed by atoms with Crippen LogP contribution < -0.4 is 5.32 Å². The normalized spacial score (nSPS) is 9.20. The van der Waals surface area contributed by atoms with E-state index in [0.717, 1.165) is 19.4 Å². The molecule has 0 bridgehead atoms. The van der Waals surface area contributed by atoms with E-state index in [1.807, 2.05) is 7.05 Å². The number of nitrogens with one attached hydrogen (secondary N) is 1. The third kappa shape index (κ3) is 9.69. The van der Waals surface area contributed by atoms with E-state index in [1.165, 1.54) is 12.3 Å². The summed E-state index contributed by atoms with van der Waals surface area (Å²) >= 11 is 0. The number of hydrogen-bond donors (Lipinski definition) is 1. The first kappa shape index (κ1) is 17.7. The van der Waals surface area contributed by atoms with Crippen LogP contribution in [-0.4, -0.2) is 44.1 Å². The zero-order chi connectivity index (χ0) is 15.2. The van der Waals surface area contributed by atoms with Crippen LogP contribution in [0.5, 0.6) is 0 Å². The molecule has 0 radical (unpaired) electrons. The Morgan fingerprint density at radius 2 is 2.05 bits per heavy atom. The summed E-state index contributed by atoms with van der Waals surface area (Å²) in [5.74, 6) is -0.149. The summed E-state index contributed by atoms with van der Waals surface area (Å²) in [6.07, 6.45) is 4.30. The summed E-state index contributed by atoms with van der Waals surface area (Å²) in [5.41, 5.74) is -0.0365. The Bertz CT molecular complexity index is 402. The molecule has 0 aliphatic rings. The molecule has 0 aliphatic heterocycles. The van der Waals surface area contributed by atoms with Crippen molar-refractivity contribution in [3.05, 3.63) is 24.5 Å². The lowest BCUT2D eigenvalue weighted by Crippen LogP contribution is -2.26. The molecule has 0 unspecified atom stereocenters. The molecule has 0 rings (SSSR count). The minimum Gasteiger partial charge on any atom is -0.498 e. The summed E-state index contributed by atoms with van der Waals surface area (Å²) in [6.45, 7) is 6.04. The van der Waals surface area contributed by atoms with E-state index in [-0.39, 0.29) is 11.5 Å². The standard InChI is InChI=1S/C14H20N4O2/c1-3-14(19)17-6-4-5-7-18(2)8-9-20-12-13(10-15)11-16/h3,12H,1,4-9H2,2H3,(H,17,19). The lowest BCUT2D eigenvalue weighted by molar-refractivity contribution is -0.116. The fraction of sp³-hybridized carbons (Fsp3) is 0.500. The van der Waals surface area contributed by atoms with Crippen LogP contribution in [0.1, 0.15) is 12.8 Å². The van der Waals surface area contributed by atoms with Crippen molar-refractivity contribution in [1.29, 1.82) is 10.5 Å². The van der Waals surface area contributed by atoms with Crippen molar-refractivity contribution in [2.24, 2.45) is 0 Å². The molecule has 0 atom stereocenters. The maximum atomic E-state index is 10.9. The molecule has 6 nitrogen and oxygen atoms in total. The topological polar surface area (TPSA) is 89.2 Å². The molecule has 1 amide bonds. The van der Waals surface area contributed by atoms with Gasteiger partial charge in [-0.15, -0.1) is 0 Å². The Kier molecular flexibility index (Phi) is 10.4. The molecule has 108 valence electrons. The quantitative estimate of drug-likeness (QED) is 0.278. The highest BCUT2D eigenvalue weighted by atomic mass is 16.5. The predicted octanol–water partition coefficient (Wildman–Crippen LogP) is 0.948. The molecule has 0 aromatic carbocycles. The van der Waals surface area contributed by atoms with Crippen LogP contribution in [0.2, 0.25) is 0 Å². The summed E-state index contributed by atoms with van der Waals surface area (Å²) in [4.78, 5) is 13.0. The highest BCUT2D eigenvalue weighted by Crippen LogP contribution is 1.94. The predicted molar refractivity (Wildman–Crippen MR) is 75.2 cm³/mol. The number of ether oxygens (including phenoxy) is 1. The van der Waals surface area contributed by atoms with Gasteiger partial charge in [-0.2, -0.15) is 10.5 Å². The highest BCUT2D eigenvalue weighted by Gasteiger charge is 1.99. The van der Waals surface area contributed by atoms with Crippen LogP contribution in [0, 0.1) is 22.7 Å². The Morgan fingerprint density at radius 3 is 2.65 bits per heavy atom. The SMILES string of the molecule is C=CC(=O)NCCCCN(C)CCOC=C(C#N)C#N. The van der Waals surface area contributed by atoms with Gasteiger partial charge in [0, 0.05) is 13.1 Å². The third-order valence-corrected chi connectivity index (χ3v) is 2.48. The fourth-order valence-electron chi connectivity index (χ4n) is 1.33. The zero-order valence-corrected chi connectivity index (χ0v) is 11.8. The molecular weight excluding hydrogens is 256 g/mol. The molecule has 0 heterocycles. The molecule has 0 saturated heterocycles. The number of nitriles is 2. The molecule has 0 aliphatic carbocycles. The van der Waals surface area contributed by atoms with Crippen LogP contribution in [0.3, 0.4) is 0 Å². The van der Waals surface area contributed by atoms with Crippen molar-refractivity contribution in [3.8, 4) is 12.1 Å². The number of amides is 1. The second kappa shape index (κ2) is 11.8. The van der Waals surface area contributed by atoms with Crippen LogP contribution in [-0.2, 0) is 9.53 Å². The van der Waals surface area contributed by atoms with Gasteiger partial charge >= 0.3 is 0 Å². The van der Waals surface area contributed by atoms with E-state index in [4.69, 9.17) is 15.3 Å². The van der Waals surface area contributed by atoms with Crippen LogP contribution >= 0.6 is 0 Å². The molecule has 20 heavy (non-hydrogen) atoms. The highest BCUT2D eigenvalue weighted by molar-refractivity contribution is 5.86. The number of allylic oxidation sites excluding steroid dienone is 1. The molecule has 0 fully saturated rings. The minimum absolute atomic E-state index is 0.0365. The number of carbonyl (C=O) groups is 1. The minimum atomic E-state index is -0.149. The number of unbranched alkanes of at least 4 members (excludes halogenated alkanes) is 1.